The molecule has 5 heteroatoms. The summed E-state index contributed by atoms with van der Waals surface area (Å²) in [7, 11) is 0. The molecule has 0 aromatic carbocycles. The van der Waals surface area contributed by atoms with E-state index in [-0.39, 0.29) is 0 Å². The number of nitrogens with zero attached hydrogens (tertiary/aromatic N) is 2. The standard InChI is InChI=1S/C12H20N4O/c1-2-3-8-16(9-6-13)12-10(11(14)17)5-4-7-15-12/h4-5,7H,2-3,6,8-9,13H2,1H3,(H2,14,17). The SMILES string of the molecule is CCCCN(CCN)c1ncccc1C(N)=O. The Morgan fingerprint density at radius 3 is 2.82 bits per heavy atom. The number of anilines is 1. The summed E-state index contributed by atoms with van der Waals surface area (Å²) in [5, 5.41) is 0. The summed E-state index contributed by atoms with van der Waals surface area (Å²) < 4.78 is 0. The lowest BCUT2D eigenvalue weighted by Gasteiger charge is -2.24. The van der Waals surface area contributed by atoms with Crippen molar-refractivity contribution in [3.63, 3.8) is 0 Å². The number of rotatable bonds is 7. The quantitative estimate of drug-likeness (QED) is 0.731. The predicted molar refractivity (Wildman–Crippen MR) is 68.9 cm³/mol. The van der Waals surface area contributed by atoms with Crippen molar-refractivity contribution in [2.24, 2.45) is 11.5 Å². The first-order chi connectivity index (χ1) is 8.20. The van der Waals surface area contributed by atoms with E-state index >= 15 is 0 Å². The van der Waals surface area contributed by atoms with Crippen LogP contribution >= 0.6 is 0 Å². The molecule has 0 atom stereocenters. The van der Waals surface area contributed by atoms with Crippen molar-refractivity contribution >= 4 is 11.7 Å². The summed E-state index contributed by atoms with van der Waals surface area (Å²) in [5.74, 6) is 0.186. The highest BCUT2D eigenvalue weighted by molar-refractivity contribution is 5.97. The highest BCUT2D eigenvalue weighted by Gasteiger charge is 2.14. The second-order valence-corrected chi connectivity index (χ2v) is 3.87. The van der Waals surface area contributed by atoms with Crippen LogP contribution < -0.4 is 16.4 Å². The van der Waals surface area contributed by atoms with Crippen molar-refractivity contribution in [2.75, 3.05) is 24.5 Å². The summed E-state index contributed by atoms with van der Waals surface area (Å²) in [6.45, 7) is 4.16. The molecule has 1 heterocycles. The van der Waals surface area contributed by atoms with E-state index in [1.165, 1.54) is 0 Å². The lowest BCUT2D eigenvalue weighted by Crippen LogP contribution is -2.33. The van der Waals surface area contributed by atoms with Crippen LogP contribution in [0.2, 0.25) is 0 Å². The van der Waals surface area contributed by atoms with Crippen LogP contribution in [0.5, 0.6) is 0 Å². The molecule has 0 aliphatic carbocycles. The summed E-state index contributed by atoms with van der Waals surface area (Å²) in [6.07, 6.45) is 3.78. The Bertz CT molecular complexity index is 367. The molecule has 0 spiro atoms. The van der Waals surface area contributed by atoms with E-state index in [1.54, 1.807) is 18.3 Å². The number of unbranched alkanes of at least 4 members (excludes halogenated alkanes) is 1. The maximum Gasteiger partial charge on any atom is 0.252 e. The lowest BCUT2D eigenvalue weighted by molar-refractivity contribution is 0.100. The zero-order valence-corrected chi connectivity index (χ0v) is 10.2. The molecule has 4 N–H and O–H groups in total. The molecule has 1 amide bonds. The molecule has 0 unspecified atom stereocenters. The van der Waals surface area contributed by atoms with Gasteiger partial charge in [-0.1, -0.05) is 13.3 Å². The molecule has 0 bridgehead atoms. The minimum absolute atomic E-state index is 0.452. The zero-order chi connectivity index (χ0) is 12.7. The van der Waals surface area contributed by atoms with Crippen LogP contribution in [0, 0.1) is 0 Å². The van der Waals surface area contributed by atoms with Gasteiger partial charge in [0.15, 0.2) is 0 Å². The average Bonchev–Trinajstić information content (AvgIpc) is 2.34. The summed E-state index contributed by atoms with van der Waals surface area (Å²) in [4.78, 5) is 17.6. The molecule has 1 aromatic heterocycles. The van der Waals surface area contributed by atoms with Crippen LogP contribution in [0.25, 0.3) is 0 Å². The molecule has 5 nitrogen and oxygen atoms in total. The third-order valence-corrected chi connectivity index (χ3v) is 2.53. The Hall–Kier alpha value is -1.62. The summed E-state index contributed by atoms with van der Waals surface area (Å²) >= 11 is 0. The van der Waals surface area contributed by atoms with Gasteiger partial charge < -0.3 is 16.4 Å². The van der Waals surface area contributed by atoms with E-state index in [9.17, 15) is 4.79 Å². The normalized spacial score (nSPS) is 10.2. The van der Waals surface area contributed by atoms with Gasteiger partial charge in [-0.05, 0) is 18.6 Å². The van der Waals surface area contributed by atoms with Gasteiger partial charge in [0.05, 0.1) is 5.56 Å². The number of amides is 1. The van der Waals surface area contributed by atoms with Crippen molar-refractivity contribution in [1.29, 1.82) is 0 Å². The van der Waals surface area contributed by atoms with Crippen LogP contribution in [0.4, 0.5) is 5.82 Å². The smallest absolute Gasteiger partial charge is 0.252 e. The van der Waals surface area contributed by atoms with Crippen molar-refractivity contribution in [3.8, 4) is 0 Å². The second-order valence-electron chi connectivity index (χ2n) is 3.87. The molecular weight excluding hydrogens is 216 g/mol. The van der Waals surface area contributed by atoms with Crippen LogP contribution in [0.3, 0.4) is 0 Å². The van der Waals surface area contributed by atoms with Crippen molar-refractivity contribution < 1.29 is 4.79 Å². The second kappa shape index (κ2) is 6.85. The van der Waals surface area contributed by atoms with E-state index < -0.39 is 5.91 Å². The van der Waals surface area contributed by atoms with Crippen molar-refractivity contribution in [1.82, 2.24) is 4.98 Å². The largest absolute Gasteiger partial charge is 0.365 e. The Kier molecular flexibility index (Phi) is 5.42. The van der Waals surface area contributed by atoms with Gasteiger partial charge in [-0.2, -0.15) is 0 Å². The predicted octanol–water partition coefficient (Wildman–Crippen LogP) is 0.746. The van der Waals surface area contributed by atoms with Crippen LogP contribution in [-0.4, -0.2) is 30.5 Å². The fourth-order valence-electron chi connectivity index (χ4n) is 1.67. The van der Waals surface area contributed by atoms with Gasteiger partial charge in [-0.25, -0.2) is 4.98 Å². The summed E-state index contributed by atoms with van der Waals surface area (Å²) in [6, 6.07) is 3.41. The van der Waals surface area contributed by atoms with Crippen molar-refractivity contribution in [2.45, 2.75) is 19.8 Å². The maximum atomic E-state index is 11.3. The minimum Gasteiger partial charge on any atom is -0.365 e. The van der Waals surface area contributed by atoms with E-state index in [4.69, 9.17) is 11.5 Å². The van der Waals surface area contributed by atoms with Gasteiger partial charge in [0.25, 0.3) is 5.91 Å². The molecule has 0 aliphatic rings. The van der Waals surface area contributed by atoms with Crippen molar-refractivity contribution in [3.05, 3.63) is 23.9 Å². The first-order valence-corrected chi connectivity index (χ1v) is 5.90. The van der Waals surface area contributed by atoms with E-state index in [0.29, 0.717) is 24.5 Å². The fraction of sp³-hybridized carbons (Fsp3) is 0.500. The Labute approximate surface area is 102 Å². The minimum atomic E-state index is -0.452. The molecule has 94 valence electrons. The molecule has 0 saturated carbocycles. The van der Waals surface area contributed by atoms with Gasteiger partial charge in [0.1, 0.15) is 5.82 Å². The number of primary amides is 1. The third-order valence-electron chi connectivity index (χ3n) is 2.53. The lowest BCUT2D eigenvalue weighted by atomic mass is 10.2. The molecule has 0 aliphatic heterocycles. The topological polar surface area (TPSA) is 85.2 Å². The molecule has 0 radical (unpaired) electrons. The maximum absolute atomic E-state index is 11.3. The van der Waals surface area contributed by atoms with E-state index in [2.05, 4.69) is 11.9 Å². The Morgan fingerprint density at radius 2 is 2.24 bits per heavy atom. The molecule has 1 rings (SSSR count). The molecule has 17 heavy (non-hydrogen) atoms. The molecular formula is C12H20N4O. The number of hydrogen-bond acceptors (Lipinski definition) is 4. The first-order valence-electron chi connectivity index (χ1n) is 5.90. The number of hydrogen-bond donors (Lipinski definition) is 2. The van der Waals surface area contributed by atoms with Crippen LogP contribution in [0.15, 0.2) is 18.3 Å². The number of carbonyl (C=O) groups excluding carboxylic acids is 1. The first kappa shape index (κ1) is 13.4. The Balaban J connectivity index is 2.95. The summed E-state index contributed by atoms with van der Waals surface area (Å²) in [5.41, 5.74) is 11.4. The third kappa shape index (κ3) is 3.71. The van der Waals surface area contributed by atoms with Gasteiger partial charge in [-0.15, -0.1) is 0 Å². The fourth-order valence-corrected chi connectivity index (χ4v) is 1.67. The zero-order valence-electron chi connectivity index (χ0n) is 10.2. The van der Waals surface area contributed by atoms with E-state index in [0.717, 1.165) is 19.4 Å². The average molecular weight is 236 g/mol. The van der Waals surface area contributed by atoms with Crippen LogP contribution in [0.1, 0.15) is 30.1 Å². The van der Waals surface area contributed by atoms with Gasteiger partial charge in [0.2, 0.25) is 0 Å². The number of nitrogens with two attached hydrogens (primary N) is 2. The molecule has 0 fully saturated rings. The number of carbonyl (C=O) groups is 1. The molecule has 0 saturated heterocycles. The monoisotopic (exact) mass is 236 g/mol. The Morgan fingerprint density at radius 1 is 1.47 bits per heavy atom. The van der Waals surface area contributed by atoms with Gasteiger partial charge in [0, 0.05) is 25.8 Å². The van der Waals surface area contributed by atoms with Gasteiger partial charge in [-0.3, -0.25) is 4.79 Å². The highest BCUT2D eigenvalue weighted by atomic mass is 16.1. The molecule has 1 aromatic rings. The number of aromatic nitrogens is 1. The van der Waals surface area contributed by atoms with Gasteiger partial charge >= 0.3 is 0 Å². The van der Waals surface area contributed by atoms with Crippen LogP contribution in [-0.2, 0) is 0 Å². The van der Waals surface area contributed by atoms with E-state index in [1.807, 2.05) is 4.90 Å². The number of pyridine rings is 1. The highest BCUT2D eigenvalue weighted by Crippen LogP contribution is 2.16.